The van der Waals surface area contributed by atoms with Crippen molar-refractivity contribution in [2.75, 3.05) is 11.6 Å². The third-order valence-corrected chi connectivity index (χ3v) is 3.51. The van der Waals surface area contributed by atoms with Crippen LogP contribution in [0.4, 0.5) is 5.69 Å². The maximum atomic E-state index is 12.0. The minimum Gasteiger partial charge on any atom is -0.508 e. The lowest BCUT2D eigenvalue weighted by atomic mass is 10.1. The van der Waals surface area contributed by atoms with Gasteiger partial charge < -0.3 is 10.4 Å². The maximum Gasteiger partial charge on any atom is 0.228 e. The molecule has 2 N–H and O–H groups in total. The molecule has 4 heteroatoms. The Labute approximate surface area is 116 Å². The molecule has 0 saturated carbocycles. The average molecular weight is 273 g/mol. The molecule has 0 radical (unpaired) electrons. The molecule has 0 aromatic heterocycles. The summed E-state index contributed by atoms with van der Waals surface area (Å²) in [5.74, 6) is 0.0504. The van der Waals surface area contributed by atoms with Crippen LogP contribution < -0.4 is 5.32 Å². The molecular formula is C15H15NO2S. The number of benzene rings is 2. The summed E-state index contributed by atoms with van der Waals surface area (Å²) in [6, 6.07) is 14.4. The third kappa shape index (κ3) is 3.76. The molecule has 0 atom stereocenters. The van der Waals surface area contributed by atoms with E-state index in [0.717, 1.165) is 10.5 Å². The van der Waals surface area contributed by atoms with E-state index in [1.165, 1.54) is 6.07 Å². The average Bonchev–Trinajstić information content (AvgIpc) is 2.39. The number of hydrogen-bond acceptors (Lipinski definition) is 3. The molecule has 0 bridgehead atoms. The summed E-state index contributed by atoms with van der Waals surface area (Å²) in [5, 5.41) is 12.1. The van der Waals surface area contributed by atoms with E-state index in [-0.39, 0.29) is 11.7 Å². The molecule has 1 amide bonds. The zero-order chi connectivity index (χ0) is 13.7. The molecule has 0 spiro atoms. The maximum absolute atomic E-state index is 12.0. The zero-order valence-corrected chi connectivity index (χ0v) is 11.4. The number of carbonyl (C=O) groups excluding carboxylic acids is 1. The van der Waals surface area contributed by atoms with Crippen LogP contribution in [-0.2, 0) is 11.2 Å². The number of thioether (sulfide) groups is 1. The molecule has 98 valence electrons. The van der Waals surface area contributed by atoms with Gasteiger partial charge in [-0.3, -0.25) is 4.79 Å². The Bertz CT molecular complexity index is 584. The van der Waals surface area contributed by atoms with Gasteiger partial charge in [0.1, 0.15) is 5.75 Å². The number of aromatic hydroxyl groups is 1. The smallest absolute Gasteiger partial charge is 0.228 e. The van der Waals surface area contributed by atoms with Crippen molar-refractivity contribution in [3.8, 4) is 5.75 Å². The van der Waals surface area contributed by atoms with Gasteiger partial charge in [0.2, 0.25) is 5.91 Å². The van der Waals surface area contributed by atoms with Crippen molar-refractivity contribution in [3.05, 3.63) is 54.1 Å². The monoisotopic (exact) mass is 273 g/mol. The first-order valence-corrected chi connectivity index (χ1v) is 7.12. The molecule has 0 aliphatic heterocycles. The molecule has 0 aliphatic rings. The van der Waals surface area contributed by atoms with Gasteiger partial charge in [-0.25, -0.2) is 0 Å². The lowest BCUT2D eigenvalue weighted by molar-refractivity contribution is -0.115. The summed E-state index contributed by atoms with van der Waals surface area (Å²) in [6.07, 6.45) is 2.32. The van der Waals surface area contributed by atoms with Crippen molar-refractivity contribution in [2.24, 2.45) is 0 Å². The molecule has 0 fully saturated rings. The van der Waals surface area contributed by atoms with E-state index in [9.17, 15) is 9.90 Å². The highest BCUT2D eigenvalue weighted by Gasteiger charge is 2.07. The van der Waals surface area contributed by atoms with E-state index in [0.29, 0.717) is 12.1 Å². The number of phenolic OH excluding ortho intramolecular Hbond substituents is 1. The highest BCUT2D eigenvalue weighted by atomic mass is 32.2. The van der Waals surface area contributed by atoms with Crippen LogP contribution in [0.25, 0.3) is 0 Å². The molecule has 0 saturated heterocycles. The second-order valence-electron chi connectivity index (χ2n) is 4.09. The quantitative estimate of drug-likeness (QED) is 0.840. The molecular weight excluding hydrogens is 258 g/mol. The van der Waals surface area contributed by atoms with Gasteiger partial charge in [-0.05, 0) is 30.0 Å². The summed E-state index contributed by atoms with van der Waals surface area (Å²) in [5.41, 5.74) is 1.61. The van der Waals surface area contributed by atoms with E-state index in [2.05, 4.69) is 5.32 Å². The third-order valence-electron chi connectivity index (χ3n) is 2.67. The predicted molar refractivity (Wildman–Crippen MR) is 78.7 cm³/mol. The Balaban J connectivity index is 2.05. The number of carbonyl (C=O) groups is 1. The fourth-order valence-corrected chi connectivity index (χ4v) is 2.43. The standard InChI is InChI=1S/C15H15NO2S/c1-19-14-8-3-2-5-11(14)9-15(18)16-12-6-4-7-13(17)10-12/h2-8,10,17H,9H2,1H3,(H,16,18). The largest absolute Gasteiger partial charge is 0.508 e. The molecule has 2 aromatic rings. The van der Waals surface area contributed by atoms with Crippen LogP contribution >= 0.6 is 11.8 Å². The van der Waals surface area contributed by atoms with Gasteiger partial charge in [-0.15, -0.1) is 11.8 Å². The molecule has 0 unspecified atom stereocenters. The van der Waals surface area contributed by atoms with Crippen molar-refractivity contribution < 1.29 is 9.90 Å². The lowest BCUT2D eigenvalue weighted by Gasteiger charge is -2.08. The van der Waals surface area contributed by atoms with Gasteiger partial charge in [0.15, 0.2) is 0 Å². The molecule has 3 nitrogen and oxygen atoms in total. The highest BCUT2D eigenvalue weighted by molar-refractivity contribution is 7.98. The van der Waals surface area contributed by atoms with Crippen LogP contribution in [0.5, 0.6) is 5.75 Å². The molecule has 0 aliphatic carbocycles. The molecule has 2 aromatic carbocycles. The van der Waals surface area contributed by atoms with E-state index in [1.54, 1.807) is 30.0 Å². The first kappa shape index (κ1) is 13.5. The SMILES string of the molecule is CSc1ccccc1CC(=O)Nc1cccc(O)c1. The van der Waals surface area contributed by atoms with Gasteiger partial charge in [0.25, 0.3) is 0 Å². The van der Waals surface area contributed by atoms with Gasteiger partial charge in [0, 0.05) is 16.6 Å². The molecule has 2 rings (SSSR count). The van der Waals surface area contributed by atoms with Crippen LogP contribution in [0.3, 0.4) is 0 Å². The Morgan fingerprint density at radius 2 is 2.00 bits per heavy atom. The van der Waals surface area contributed by atoms with E-state index in [4.69, 9.17) is 0 Å². The Morgan fingerprint density at radius 1 is 1.21 bits per heavy atom. The van der Waals surface area contributed by atoms with Crippen LogP contribution in [0.2, 0.25) is 0 Å². The minimum absolute atomic E-state index is 0.0906. The van der Waals surface area contributed by atoms with E-state index >= 15 is 0 Å². The Morgan fingerprint density at radius 3 is 2.74 bits per heavy atom. The first-order chi connectivity index (χ1) is 9.19. The second-order valence-corrected chi connectivity index (χ2v) is 4.94. The Hall–Kier alpha value is -1.94. The summed E-state index contributed by atoms with van der Waals surface area (Å²) in [6.45, 7) is 0. The van der Waals surface area contributed by atoms with Crippen LogP contribution in [0.1, 0.15) is 5.56 Å². The molecule has 19 heavy (non-hydrogen) atoms. The summed E-state index contributed by atoms with van der Waals surface area (Å²) in [7, 11) is 0. The van der Waals surface area contributed by atoms with Gasteiger partial charge in [0.05, 0.1) is 6.42 Å². The van der Waals surface area contributed by atoms with Crippen LogP contribution in [0.15, 0.2) is 53.4 Å². The minimum atomic E-state index is -0.0906. The Kier molecular flexibility index (Phi) is 4.47. The predicted octanol–water partition coefficient (Wildman–Crippen LogP) is 3.30. The van der Waals surface area contributed by atoms with Crippen molar-refractivity contribution >= 4 is 23.4 Å². The number of nitrogens with one attached hydrogen (secondary N) is 1. The normalized spacial score (nSPS) is 10.2. The van der Waals surface area contributed by atoms with Crippen LogP contribution in [0, 0.1) is 0 Å². The number of hydrogen-bond donors (Lipinski definition) is 2. The van der Waals surface area contributed by atoms with Crippen molar-refractivity contribution in [1.29, 1.82) is 0 Å². The summed E-state index contributed by atoms with van der Waals surface area (Å²) >= 11 is 1.63. The van der Waals surface area contributed by atoms with Crippen LogP contribution in [-0.4, -0.2) is 17.3 Å². The van der Waals surface area contributed by atoms with Crippen molar-refractivity contribution in [3.63, 3.8) is 0 Å². The topological polar surface area (TPSA) is 49.3 Å². The number of phenols is 1. The zero-order valence-electron chi connectivity index (χ0n) is 10.6. The summed E-state index contributed by atoms with van der Waals surface area (Å²) in [4.78, 5) is 13.1. The first-order valence-electron chi connectivity index (χ1n) is 5.90. The van der Waals surface area contributed by atoms with E-state index in [1.807, 2.05) is 30.5 Å². The van der Waals surface area contributed by atoms with Gasteiger partial charge in [-0.1, -0.05) is 24.3 Å². The number of anilines is 1. The second kappa shape index (κ2) is 6.29. The lowest BCUT2D eigenvalue weighted by Crippen LogP contribution is -2.14. The fraction of sp³-hybridized carbons (Fsp3) is 0.133. The number of rotatable bonds is 4. The molecule has 0 heterocycles. The van der Waals surface area contributed by atoms with Crippen molar-refractivity contribution in [2.45, 2.75) is 11.3 Å². The highest BCUT2D eigenvalue weighted by Crippen LogP contribution is 2.21. The van der Waals surface area contributed by atoms with Crippen molar-refractivity contribution in [1.82, 2.24) is 0 Å². The number of amides is 1. The summed E-state index contributed by atoms with van der Waals surface area (Å²) < 4.78 is 0. The van der Waals surface area contributed by atoms with Gasteiger partial charge >= 0.3 is 0 Å². The fourth-order valence-electron chi connectivity index (χ4n) is 1.81. The van der Waals surface area contributed by atoms with E-state index < -0.39 is 0 Å². The van der Waals surface area contributed by atoms with Gasteiger partial charge in [-0.2, -0.15) is 0 Å².